The molecule has 0 aliphatic carbocycles. The van der Waals surface area contributed by atoms with Crippen LogP contribution in [0.5, 0.6) is 0 Å². The number of aromatic nitrogens is 1. The molecule has 2 N–H and O–H groups in total. The molecule has 2 aromatic rings. The van der Waals surface area contributed by atoms with Gasteiger partial charge in [0.25, 0.3) is 0 Å². The number of carboxylic acid groups (broad SMARTS) is 1. The van der Waals surface area contributed by atoms with Gasteiger partial charge >= 0.3 is 12.0 Å². The highest BCUT2D eigenvalue weighted by molar-refractivity contribution is 5.93. The molecule has 2 unspecified atom stereocenters. The van der Waals surface area contributed by atoms with Gasteiger partial charge in [-0.3, -0.25) is 9.78 Å². The van der Waals surface area contributed by atoms with Crippen molar-refractivity contribution < 1.29 is 14.7 Å². The molecule has 3 rings (SSSR count). The predicted octanol–water partition coefficient (Wildman–Crippen LogP) is 2.81. The quantitative estimate of drug-likeness (QED) is 0.893. The van der Waals surface area contributed by atoms with Gasteiger partial charge in [-0.2, -0.15) is 0 Å². The van der Waals surface area contributed by atoms with Gasteiger partial charge in [0.05, 0.1) is 5.92 Å². The number of amides is 2. The van der Waals surface area contributed by atoms with E-state index in [4.69, 9.17) is 0 Å². The number of fused-ring (bicyclic) bond motifs is 1. The van der Waals surface area contributed by atoms with Crippen LogP contribution in [-0.2, 0) is 4.79 Å². The molecule has 0 bridgehead atoms. The van der Waals surface area contributed by atoms with Crippen LogP contribution in [0.3, 0.4) is 0 Å². The first-order valence-electron chi connectivity index (χ1n) is 7.65. The smallest absolute Gasteiger partial charge is 0.321 e. The van der Waals surface area contributed by atoms with Crippen molar-refractivity contribution in [3.8, 4) is 0 Å². The topological polar surface area (TPSA) is 82.5 Å². The van der Waals surface area contributed by atoms with Crippen LogP contribution in [0, 0.1) is 11.8 Å². The van der Waals surface area contributed by atoms with Crippen LogP contribution in [0.25, 0.3) is 10.8 Å². The van der Waals surface area contributed by atoms with Crippen LogP contribution in [-0.4, -0.2) is 40.1 Å². The number of hydrogen-bond donors (Lipinski definition) is 2. The highest BCUT2D eigenvalue weighted by Crippen LogP contribution is 2.23. The molecule has 2 atom stereocenters. The lowest BCUT2D eigenvalue weighted by Crippen LogP contribution is -2.47. The summed E-state index contributed by atoms with van der Waals surface area (Å²) in [4.78, 5) is 29.3. The summed E-state index contributed by atoms with van der Waals surface area (Å²) < 4.78 is 0. The van der Waals surface area contributed by atoms with Crippen molar-refractivity contribution in [3.05, 3.63) is 36.7 Å². The summed E-state index contributed by atoms with van der Waals surface area (Å²) in [6, 6.07) is 7.24. The number of benzene rings is 1. The molecule has 1 aromatic carbocycles. The van der Waals surface area contributed by atoms with Crippen LogP contribution in [0.1, 0.15) is 13.3 Å². The summed E-state index contributed by atoms with van der Waals surface area (Å²) in [5.41, 5.74) is 0.693. The highest BCUT2D eigenvalue weighted by Gasteiger charge is 2.31. The first-order chi connectivity index (χ1) is 11.0. The highest BCUT2D eigenvalue weighted by atomic mass is 16.4. The zero-order valence-corrected chi connectivity index (χ0v) is 12.9. The number of pyridine rings is 1. The normalized spacial score (nSPS) is 21.2. The third kappa shape index (κ3) is 3.41. The minimum Gasteiger partial charge on any atom is -0.481 e. The number of nitrogens with zero attached hydrogens (tertiary/aromatic N) is 2. The van der Waals surface area contributed by atoms with Gasteiger partial charge in [-0.15, -0.1) is 0 Å². The Morgan fingerprint density at radius 3 is 2.87 bits per heavy atom. The predicted molar refractivity (Wildman–Crippen MR) is 87.2 cm³/mol. The lowest BCUT2D eigenvalue weighted by atomic mass is 9.91. The third-order valence-electron chi connectivity index (χ3n) is 4.19. The summed E-state index contributed by atoms with van der Waals surface area (Å²) >= 11 is 0. The van der Waals surface area contributed by atoms with Gasteiger partial charge < -0.3 is 15.3 Å². The number of hydrogen-bond acceptors (Lipinski definition) is 3. The van der Waals surface area contributed by atoms with Crippen LogP contribution in [0.15, 0.2) is 36.7 Å². The van der Waals surface area contributed by atoms with Gasteiger partial charge in [-0.05, 0) is 35.9 Å². The van der Waals surface area contributed by atoms with E-state index in [-0.39, 0.29) is 18.5 Å². The monoisotopic (exact) mass is 313 g/mol. The number of aliphatic carboxylic acids is 1. The minimum absolute atomic E-state index is 0.179. The molecule has 1 aromatic heterocycles. The molecule has 6 nitrogen and oxygen atoms in total. The number of urea groups is 1. The maximum atomic E-state index is 12.4. The molecule has 0 radical (unpaired) electrons. The lowest BCUT2D eigenvalue weighted by Gasteiger charge is -2.34. The van der Waals surface area contributed by atoms with E-state index in [1.165, 1.54) is 0 Å². The maximum Gasteiger partial charge on any atom is 0.321 e. The molecule has 1 fully saturated rings. The molecular weight excluding hydrogens is 294 g/mol. The Bertz CT molecular complexity index is 747. The van der Waals surface area contributed by atoms with Crippen molar-refractivity contribution >= 4 is 28.5 Å². The number of nitrogens with one attached hydrogen (secondary N) is 1. The Labute approximate surface area is 134 Å². The van der Waals surface area contributed by atoms with Crippen LogP contribution >= 0.6 is 0 Å². The van der Waals surface area contributed by atoms with Crippen molar-refractivity contribution in [3.63, 3.8) is 0 Å². The van der Waals surface area contributed by atoms with Crippen molar-refractivity contribution in [2.75, 3.05) is 18.4 Å². The average molecular weight is 313 g/mol. The van der Waals surface area contributed by atoms with E-state index in [1.54, 1.807) is 17.3 Å². The maximum absolute atomic E-state index is 12.4. The van der Waals surface area contributed by atoms with Crippen molar-refractivity contribution in [1.29, 1.82) is 0 Å². The lowest BCUT2D eigenvalue weighted by molar-refractivity contribution is -0.143. The third-order valence-corrected chi connectivity index (χ3v) is 4.19. The molecule has 6 heteroatoms. The summed E-state index contributed by atoms with van der Waals surface area (Å²) in [6.45, 7) is 2.80. The van der Waals surface area contributed by atoms with Gasteiger partial charge in [0, 0.05) is 36.6 Å². The zero-order chi connectivity index (χ0) is 16.4. The molecule has 0 saturated carbocycles. The molecule has 120 valence electrons. The summed E-state index contributed by atoms with van der Waals surface area (Å²) in [6.07, 6.45) is 4.09. The van der Waals surface area contributed by atoms with Gasteiger partial charge in [0.1, 0.15) is 0 Å². The number of likely N-dealkylation sites (tertiary alicyclic amines) is 1. The van der Waals surface area contributed by atoms with Crippen molar-refractivity contribution in [2.24, 2.45) is 11.8 Å². The Kier molecular flexibility index (Phi) is 4.14. The zero-order valence-electron chi connectivity index (χ0n) is 12.9. The fourth-order valence-electron chi connectivity index (χ4n) is 3.06. The molecule has 1 saturated heterocycles. The summed E-state index contributed by atoms with van der Waals surface area (Å²) in [5, 5.41) is 14.1. The van der Waals surface area contributed by atoms with E-state index in [9.17, 15) is 14.7 Å². The first kappa shape index (κ1) is 15.3. The molecule has 1 aliphatic heterocycles. The van der Waals surface area contributed by atoms with E-state index >= 15 is 0 Å². The van der Waals surface area contributed by atoms with Crippen molar-refractivity contribution in [2.45, 2.75) is 13.3 Å². The molecule has 23 heavy (non-hydrogen) atoms. The first-order valence-corrected chi connectivity index (χ1v) is 7.65. The number of carboxylic acids is 1. The van der Waals surface area contributed by atoms with Crippen LogP contribution < -0.4 is 5.32 Å². The van der Waals surface area contributed by atoms with Crippen molar-refractivity contribution in [1.82, 2.24) is 9.88 Å². The molecule has 0 spiro atoms. The molecule has 1 aliphatic rings. The van der Waals surface area contributed by atoms with Crippen LogP contribution in [0.2, 0.25) is 0 Å². The Morgan fingerprint density at radius 2 is 2.09 bits per heavy atom. The number of anilines is 1. The number of carbonyl (C=O) groups excluding carboxylic acids is 1. The Balaban J connectivity index is 1.73. The Hall–Kier alpha value is -2.63. The largest absolute Gasteiger partial charge is 0.481 e. The molecule has 2 heterocycles. The van der Waals surface area contributed by atoms with Gasteiger partial charge in [-0.25, -0.2) is 4.79 Å². The Morgan fingerprint density at radius 1 is 1.26 bits per heavy atom. The van der Waals surface area contributed by atoms with E-state index in [2.05, 4.69) is 10.3 Å². The van der Waals surface area contributed by atoms with E-state index in [1.807, 2.05) is 31.2 Å². The average Bonchev–Trinajstić information content (AvgIpc) is 2.54. The second-order valence-electron chi connectivity index (χ2n) is 6.15. The van der Waals surface area contributed by atoms with Crippen LogP contribution in [0.4, 0.5) is 10.5 Å². The van der Waals surface area contributed by atoms with E-state index < -0.39 is 11.9 Å². The SMILES string of the molecule is CC1CC(C(=O)O)CN(C(=O)Nc2ccc3cnccc3c2)C1. The number of rotatable bonds is 2. The van der Waals surface area contributed by atoms with E-state index in [0.29, 0.717) is 18.7 Å². The van der Waals surface area contributed by atoms with Gasteiger partial charge in [-0.1, -0.05) is 13.0 Å². The summed E-state index contributed by atoms with van der Waals surface area (Å²) in [7, 11) is 0. The standard InChI is InChI=1S/C17H19N3O3/c1-11-6-14(16(21)22)10-20(9-11)17(23)19-15-3-2-13-8-18-5-4-12(13)7-15/h2-5,7-8,11,14H,6,9-10H2,1H3,(H,19,23)(H,21,22). The minimum atomic E-state index is -0.840. The fraction of sp³-hybridized carbons (Fsp3) is 0.353. The van der Waals surface area contributed by atoms with Gasteiger partial charge in [0.15, 0.2) is 0 Å². The summed E-state index contributed by atoms with van der Waals surface area (Å²) in [5.74, 6) is -1.15. The van der Waals surface area contributed by atoms with Gasteiger partial charge in [0.2, 0.25) is 0 Å². The second-order valence-corrected chi connectivity index (χ2v) is 6.15. The second kappa shape index (κ2) is 6.24. The fourth-order valence-corrected chi connectivity index (χ4v) is 3.06. The van der Waals surface area contributed by atoms with E-state index in [0.717, 1.165) is 10.8 Å². The number of piperidine rings is 1. The molecule has 2 amide bonds. The molecular formula is C17H19N3O3. The number of carbonyl (C=O) groups is 2.